The van der Waals surface area contributed by atoms with Crippen LogP contribution in [0.3, 0.4) is 0 Å². The molecule has 6 nitrogen and oxygen atoms in total. The summed E-state index contributed by atoms with van der Waals surface area (Å²) in [5.74, 6) is 1.63. The molecule has 25 heavy (non-hydrogen) atoms. The fourth-order valence-electron chi connectivity index (χ4n) is 2.31. The third-order valence-electron chi connectivity index (χ3n) is 3.69. The van der Waals surface area contributed by atoms with Gasteiger partial charge in [0.2, 0.25) is 5.89 Å². The van der Waals surface area contributed by atoms with Crippen molar-refractivity contribution in [3.63, 3.8) is 0 Å². The van der Waals surface area contributed by atoms with E-state index >= 15 is 0 Å². The van der Waals surface area contributed by atoms with Gasteiger partial charge in [0.25, 0.3) is 0 Å². The molecule has 0 bridgehead atoms. The van der Waals surface area contributed by atoms with Crippen LogP contribution in [0.5, 0.6) is 0 Å². The van der Waals surface area contributed by atoms with Gasteiger partial charge in [-0.3, -0.25) is 4.98 Å². The number of oxazole rings is 1. The maximum absolute atomic E-state index is 5.87. The summed E-state index contributed by atoms with van der Waals surface area (Å²) < 4.78 is 5.72. The zero-order valence-corrected chi connectivity index (χ0v) is 14.1. The minimum Gasteiger partial charge on any atom is -0.439 e. The molecule has 0 spiro atoms. The number of hydrogen-bond acceptors (Lipinski definition) is 4. The minimum atomic E-state index is 0.300. The molecule has 0 saturated carbocycles. The van der Waals surface area contributed by atoms with Crippen LogP contribution in [0.1, 0.15) is 17.1 Å². The highest BCUT2D eigenvalue weighted by molar-refractivity contribution is 5.77. The molecule has 3 N–H and O–H groups in total. The van der Waals surface area contributed by atoms with Crippen LogP contribution < -0.4 is 11.1 Å². The number of hydrogen-bond donors (Lipinski definition) is 2. The molecule has 0 aliphatic heterocycles. The third kappa shape index (κ3) is 4.91. The van der Waals surface area contributed by atoms with Gasteiger partial charge in [0.15, 0.2) is 11.7 Å². The molecule has 128 valence electrons. The lowest BCUT2D eigenvalue weighted by Gasteiger charge is -2.04. The fraction of sp³-hybridized carbons (Fsp3) is 0.211. The average Bonchev–Trinajstić information content (AvgIpc) is 3.10. The first-order valence-electron chi connectivity index (χ1n) is 8.16. The molecule has 0 amide bonds. The van der Waals surface area contributed by atoms with E-state index in [-0.39, 0.29) is 0 Å². The lowest BCUT2D eigenvalue weighted by atomic mass is 10.1. The highest BCUT2D eigenvalue weighted by atomic mass is 16.4. The number of nitrogens with zero attached hydrogens (tertiary/aromatic N) is 3. The summed E-state index contributed by atoms with van der Waals surface area (Å²) in [5, 5.41) is 3.06. The predicted molar refractivity (Wildman–Crippen MR) is 97.9 cm³/mol. The molecular weight excluding hydrogens is 314 g/mol. The number of nitrogens with one attached hydrogen (secondary N) is 1. The SMILES string of the molecule is Cc1ccc(-c2cnc(CN=C(N)NCCc3ccccn3)o2)cc1. The van der Waals surface area contributed by atoms with Gasteiger partial charge in [0.05, 0.1) is 6.20 Å². The van der Waals surface area contributed by atoms with E-state index in [9.17, 15) is 0 Å². The maximum atomic E-state index is 5.87. The van der Waals surface area contributed by atoms with Crippen molar-refractivity contribution < 1.29 is 4.42 Å². The predicted octanol–water partition coefficient (Wildman–Crippen LogP) is 2.69. The van der Waals surface area contributed by atoms with Gasteiger partial charge in [-0.2, -0.15) is 0 Å². The summed E-state index contributed by atoms with van der Waals surface area (Å²) in [6, 6.07) is 13.9. The number of pyridine rings is 1. The zero-order valence-electron chi connectivity index (χ0n) is 14.1. The standard InChI is InChI=1S/C19H21N5O/c1-14-5-7-15(8-6-14)17-12-23-18(25-17)13-24-19(20)22-11-9-16-4-2-3-10-21-16/h2-8,10,12H,9,11,13H2,1H3,(H3,20,22,24). The Morgan fingerprint density at radius 3 is 2.76 bits per heavy atom. The van der Waals surface area contributed by atoms with Crippen LogP contribution in [0.4, 0.5) is 0 Å². The van der Waals surface area contributed by atoms with Gasteiger partial charge in [-0.1, -0.05) is 35.9 Å². The lowest BCUT2D eigenvalue weighted by Crippen LogP contribution is -2.33. The first kappa shape index (κ1) is 16.7. The molecule has 0 radical (unpaired) electrons. The van der Waals surface area contributed by atoms with E-state index in [0.29, 0.717) is 24.9 Å². The quantitative estimate of drug-likeness (QED) is 0.534. The Labute approximate surface area is 146 Å². The highest BCUT2D eigenvalue weighted by Crippen LogP contribution is 2.20. The normalized spacial score (nSPS) is 11.5. The molecule has 2 aromatic heterocycles. The number of rotatable bonds is 6. The molecule has 3 rings (SSSR count). The van der Waals surface area contributed by atoms with Crippen LogP contribution in [0.2, 0.25) is 0 Å². The molecule has 0 aliphatic carbocycles. The molecule has 2 heterocycles. The van der Waals surface area contributed by atoms with E-state index in [2.05, 4.69) is 20.3 Å². The van der Waals surface area contributed by atoms with Gasteiger partial charge in [-0.15, -0.1) is 0 Å². The van der Waals surface area contributed by atoms with Gasteiger partial charge in [-0.05, 0) is 19.1 Å². The van der Waals surface area contributed by atoms with Crippen LogP contribution in [0.25, 0.3) is 11.3 Å². The monoisotopic (exact) mass is 335 g/mol. The summed E-state index contributed by atoms with van der Waals surface area (Å²) in [7, 11) is 0. The van der Waals surface area contributed by atoms with Crippen molar-refractivity contribution in [1.82, 2.24) is 15.3 Å². The molecular formula is C19H21N5O. The highest BCUT2D eigenvalue weighted by Gasteiger charge is 2.06. The van der Waals surface area contributed by atoms with Gasteiger partial charge in [0, 0.05) is 30.4 Å². The zero-order chi connectivity index (χ0) is 17.5. The minimum absolute atomic E-state index is 0.300. The van der Waals surface area contributed by atoms with Crippen molar-refractivity contribution in [3.05, 3.63) is 72.0 Å². The molecule has 0 saturated heterocycles. The molecule has 6 heteroatoms. The molecule has 0 aliphatic rings. The van der Waals surface area contributed by atoms with Gasteiger partial charge in [-0.25, -0.2) is 9.98 Å². The van der Waals surface area contributed by atoms with Crippen LogP contribution in [0.15, 0.2) is 64.3 Å². The Bertz CT molecular complexity index is 825. The summed E-state index contributed by atoms with van der Waals surface area (Å²) >= 11 is 0. The van der Waals surface area contributed by atoms with Crippen molar-refractivity contribution >= 4 is 5.96 Å². The number of aromatic nitrogens is 2. The number of nitrogens with two attached hydrogens (primary N) is 1. The summed E-state index contributed by atoms with van der Waals surface area (Å²) in [6.45, 7) is 3.02. The molecule has 0 atom stereocenters. The van der Waals surface area contributed by atoms with Crippen LogP contribution in [-0.4, -0.2) is 22.5 Å². The van der Waals surface area contributed by atoms with Crippen LogP contribution in [0, 0.1) is 6.92 Å². The fourth-order valence-corrected chi connectivity index (χ4v) is 2.31. The molecule has 0 unspecified atom stereocenters. The first-order chi connectivity index (χ1) is 12.2. The second-order valence-corrected chi connectivity index (χ2v) is 5.68. The Morgan fingerprint density at radius 2 is 2.00 bits per heavy atom. The smallest absolute Gasteiger partial charge is 0.216 e. The van der Waals surface area contributed by atoms with Crippen molar-refractivity contribution in [2.24, 2.45) is 10.7 Å². The van der Waals surface area contributed by atoms with Crippen LogP contribution in [-0.2, 0) is 13.0 Å². The van der Waals surface area contributed by atoms with Crippen molar-refractivity contribution in [3.8, 4) is 11.3 Å². The second kappa shape index (κ2) is 8.10. The number of guanidine groups is 1. The topological polar surface area (TPSA) is 89.3 Å². The van der Waals surface area contributed by atoms with E-state index in [1.54, 1.807) is 12.4 Å². The van der Waals surface area contributed by atoms with Crippen molar-refractivity contribution in [1.29, 1.82) is 0 Å². The van der Waals surface area contributed by atoms with Gasteiger partial charge >= 0.3 is 0 Å². The van der Waals surface area contributed by atoms with Crippen molar-refractivity contribution in [2.45, 2.75) is 19.9 Å². The van der Waals surface area contributed by atoms with E-state index in [1.807, 2.05) is 49.4 Å². The van der Waals surface area contributed by atoms with E-state index in [4.69, 9.17) is 10.2 Å². The van der Waals surface area contributed by atoms with Gasteiger partial charge in [0.1, 0.15) is 6.54 Å². The maximum Gasteiger partial charge on any atom is 0.216 e. The molecule has 3 aromatic rings. The Balaban J connectivity index is 1.50. The number of benzene rings is 1. The Morgan fingerprint density at radius 1 is 1.16 bits per heavy atom. The van der Waals surface area contributed by atoms with Gasteiger partial charge < -0.3 is 15.5 Å². The van der Waals surface area contributed by atoms with Crippen LogP contribution >= 0.6 is 0 Å². The summed E-state index contributed by atoms with van der Waals surface area (Å²) in [5.41, 5.74) is 9.08. The van der Waals surface area contributed by atoms with E-state index in [1.165, 1.54) is 5.56 Å². The molecule has 1 aromatic carbocycles. The second-order valence-electron chi connectivity index (χ2n) is 5.68. The summed E-state index contributed by atoms with van der Waals surface area (Å²) in [4.78, 5) is 12.8. The number of aryl methyl sites for hydroxylation is 1. The lowest BCUT2D eigenvalue weighted by molar-refractivity contribution is 0.509. The first-order valence-corrected chi connectivity index (χ1v) is 8.16. The Kier molecular flexibility index (Phi) is 5.41. The Hall–Kier alpha value is -3.15. The largest absolute Gasteiger partial charge is 0.439 e. The van der Waals surface area contributed by atoms with E-state index < -0.39 is 0 Å². The average molecular weight is 335 g/mol. The van der Waals surface area contributed by atoms with E-state index in [0.717, 1.165) is 23.4 Å². The third-order valence-corrected chi connectivity index (χ3v) is 3.69. The number of aliphatic imine (C=N–C) groups is 1. The molecule has 0 fully saturated rings. The van der Waals surface area contributed by atoms with Crippen molar-refractivity contribution in [2.75, 3.05) is 6.54 Å². The summed E-state index contributed by atoms with van der Waals surface area (Å²) in [6.07, 6.45) is 4.27.